The SMILES string of the molecule is CCCCCCNC(=O)c1ccc(Br)c(Cl)c1. The van der Waals surface area contributed by atoms with Gasteiger partial charge in [-0.15, -0.1) is 0 Å². The number of hydrogen-bond donors (Lipinski definition) is 1. The first kappa shape index (κ1) is 14.5. The Morgan fingerprint density at radius 2 is 2.12 bits per heavy atom. The lowest BCUT2D eigenvalue weighted by molar-refractivity contribution is 0.0953. The standard InChI is InChI=1S/C13H17BrClNO/c1-2-3-4-5-8-16-13(17)10-6-7-11(14)12(15)9-10/h6-7,9H,2-5,8H2,1H3,(H,16,17). The minimum Gasteiger partial charge on any atom is -0.352 e. The predicted molar refractivity (Wildman–Crippen MR) is 75.6 cm³/mol. The predicted octanol–water partition coefficient (Wildman–Crippen LogP) is 4.41. The Hall–Kier alpha value is -0.540. The molecule has 4 heteroatoms. The van der Waals surface area contributed by atoms with Gasteiger partial charge in [-0.1, -0.05) is 37.8 Å². The molecule has 1 N–H and O–H groups in total. The number of nitrogens with one attached hydrogen (secondary N) is 1. The number of carbonyl (C=O) groups is 1. The van der Waals surface area contributed by atoms with Gasteiger partial charge in [-0.05, 0) is 40.5 Å². The van der Waals surface area contributed by atoms with Gasteiger partial charge in [-0.25, -0.2) is 0 Å². The van der Waals surface area contributed by atoms with Crippen molar-refractivity contribution < 1.29 is 4.79 Å². The molecular formula is C13H17BrClNO. The van der Waals surface area contributed by atoms with E-state index in [2.05, 4.69) is 28.2 Å². The fourth-order valence-corrected chi connectivity index (χ4v) is 1.92. The minimum atomic E-state index is -0.0594. The zero-order valence-electron chi connectivity index (χ0n) is 9.93. The molecule has 0 aliphatic carbocycles. The molecule has 0 aliphatic rings. The van der Waals surface area contributed by atoms with E-state index in [1.54, 1.807) is 18.2 Å². The van der Waals surface area contributed by atoms with Crippen LogP contribution in [0.3, 0.4) is 0 Å². The number of hydrogen-bond acceptors (Lipinski definition) is 1. The molecule has 0 spiro atoms. The van der Waals surface area contributed by atoms with Crippen molar-refractivity contribution in [3.8, 4) is 0 Å². The van der Waals surface area contributed by atoms with E-state index in [9.17, 15) is 4.79 Å². The zero-order chi connectivity index (χ0) is 12.7. The first-order chi connectivity index (χ1) is 8.15. The van der Waals surface area contributed by atoms with Gasteiger partial charge in [0.25, 0.3) is 5.91 Å². The third-order valence-electron chi connectivity index (χ3n) is 2.50. The Labute approximate surface area is 116 Å². The van der Waals surface area contributed by atoms with E-state index in [0.717, 1.165) is 23.9 Å². The second-order valence-electron chi connectivity index (χ2n) is 3.95. The Bertz CT molecular complexity index is 382. The summed E-state index contributed by atoms with van der Waals surface area (Å²) in [6.07, 6.45) is 4.62. The maximum atomic E-state index is 11.8. The van der Waals surface area contributed by atoms with Crippen LogP contribution in [0.1, 0.15) is 43.0 Å². The molecular weight excluding hydrogens is 302 g/mol. The quantitative estimate of drug-likeness (QED) is 0.773. The number of carbonyl (C=O) groups excluding carboxylic acids is 1. The van der Waals surface area contributed by atoms with Crippen molar-refractivity contribution in [2.45, 2.75) is 32.6 Å². The number of benzene rings is 1. The van der Waals surface area contributed by atoms with E-state index in [1.807, 2.05) is 0 Å². The van der Waals surface area contributed by atoms with Crippen molar-refractivity contribution in [3.63, 3.8) is 0 Å². The Morgan fingerprint density at radius 1 is 1.35 bits per heavy atom. The average molecular weight is 319 g/mol. The van der Waals surface area contributed by atoms with Crippen LogP contribution in [-0.4, -0.2) is 12.5 Å². The van der Waals surface area contributed by atoms with E-state index in [0.29, 0.717) is 10.6 Å². The molecule has 1 aromatic rings. The molecule has 1 amide bonds. The molecule has 94 valence electrons. The van der Waals surface area contributed by atoms with Gasteiger partial charge in [-0.3, -0.25) is 4.79 Å². The van der Waals surface area contributed by atoms with Crippen LogP contribution in [0.25, 0.3) is 0 Å². The molecule has 0 saturated carbocycles. The molecule has 0 unspecified atom stereocenters. The van der Waals surface area contributed by atoms with Gasteiger partial charge in [0.05, 0.1) is 5.02 Å². The Morgan fingerprint density at radius 3 is 2.76 bits per heavy atom. The van der Waals surface area contributed by atoms with E-state index >= 15 is 0 Å². The van der Waals surface area contributed by atoms with Crippen molar-refractivity contribution >= 4 is 33.4 Å². The zero-order valence-corrected chi connectivity index (χ0v) is 12.3. The molecule has 2 nitrogen and oxygen atoms in total. The summed E-state index contributed by atoms with van der Waals surface area (Å²) in [5.41, 5.74) is 0.605. The Balaban J connectivity index is 2.39. The molecule has 1 aromatic carbocycles. The summed E-state index contributed by atoms with van der Waals surface area (Å²) >= 11 is 9.23. The van der Waals surface area contributed by atoms with Crippen LogP contribution in [0.2, 0.25) is 5.02 Å². The van der Waals surface area contributed by atoms with Crippen molar-refractivity contribution in [1.82, 2.24) is 5.32 Å². The largest absolute Gasteiger partial charge is 0.352 e. The van der Waals surface area contributed by atoms with Crippen molar-refractivity contribution in [3.05, 3.63) is 33.3 Å². The van der Waals surface area contributed by atoms with Gasteiger partial charge in [0.15, 0.2) is 0 Å². The summed E-state index contributed by atoms with van der Waals surface area (Å²) in [5.74, 6) is -0.0594. The van der Waals surface area contributed by atoms with Crippen molar-refractivity contribution in [2.24, 2.45) is 0 Å². The maximum Gasteiger partial charge on any atom is 0.251 e. The van der Waals surface area contributed by atoms with Crippen LogP contribution >= 0.6 is 27.5 Å². The molecule has 0 saturated heterocycles. The third kappa shape index (κ3) is 5.09. The number of rotatable bonds is 6. The van der Waals surface area contributed by atoms with Crippen molar-refractivity contribution in [1.29, 1.82) is 0 Å². The molecule has 0 bridgehead atoms. The smallest absolute Gasteiger partial charge is 0.251 e. The first-order valence-electron chi connectivity index (χ1n) is 5.88. The number of unbranched alkanes of at least 4 members (excludes halogenated alkanes) is 3. The molecule has 1 rings (SSSR count). The summed E-state index contributed by atoms with van der Waals surface area (Å²) in [6.45, 7) is 2.90. The molecule has 0 aliphatic heterocycles. The molecule has 17 heavy (non-hydrogen) atoms. The monoisotopic (exact) mass is 317 g/mol. The fourth-order valence-electron chi connectivity index (χ4n) is 1.49. The van der Waals surface area contributed by atoms with Gasteiger partial charge in [0, 0.05) is 16.6 Å². The Kier molecular flexibility index (Phi) is 6.60. The lowest BCUT2D eigenvalue weighted by Gasteiger charge is -2.05. The van der Waals surface area contributed by atoms with Gasteiger partial charge in [0.1, 0.15) is 0 Å². The summed E-state index contributed by atoms with van der Waals surface area (Å²) in [7, 11) is 0. The van der Waals surface area contributed by atoms with E-state index in [4.69, 9.17) is 11.6 Å². The highest BCUT2D eigenvalue weighted by atomic mass is 79.9. The van der Waals surface area contributed by atoms with Gasteiger partial charge < -0.3 is 5.32 Å². The molecule has 0 atom stereocenters. The second kappa shape index (κ2) is 7.72. The summed E-state index contributed by atoms with van der Waals surface area (Å²) in [6, 6.07) is 5.22. The lowest BCUT2D eigenvalue weighted by atomic mass is 10.2. The second-order valence-corrected chi connectivity index (χ2v) is 5.21. The van der Waals surface area contributed by atoms with Crippen LogP contribution in [0.5, 0.6) is 0 Å². The highest BCUT2D eigenvalue weighted by molar-refractivity contribution is 9.10. The molecule has 0 heterocycles. The average Bonchev–Trinajstić information content (AvgIpc) is 2.32. The van der Waals surface area contributed by atoms with Crippen LogP contribution in [0, 0.1) is 0 Å². The maximum absolute atomic E-state index is 11.8. The van der Waals surface area contributed by atoms with Crippen molar-refractivity contribution in [2.75, 3.05) is 6.54 Å². The fraction of sp³-hybridized carbons (Fsp3) is 0.462. The van der Waals surface area contributed by atoms with E-state index < -0.39 is 0 Å². The van der Waals surface area contributed by atoms with Gasteiger partial charge >= 0.3 is 0 Å². The highest BCUT2D eigenvalue weighted by Gasteiger charge is 2.06. The van der Waals surface area contributed by atoms with Crippen LogP contribution < -0.4 is 5.32 Å². The van der Waals surface area contributed by atoms with E-state index in [-0.39, 0.29) is 5.91 Å². The molecule has 0 fully saturated rings. The van der Waals surface area contributed by atoms with E-state index in [1.165, 1.54) is 12.8 Å². The van der Waals surface area contributed by atoms with Gasteiger partial charge in [0.2, 0.25) is 0 Å². The summed E-state index contributed by atoms with van der Waals surface area (Å²) in [4.78, 5) is 11.8. The molecule has 0 aromatic heterocycles. The van der Waals surface area contributed by atoms with Crippen LogP contribution in [-0.2, 0) is 0 Å². The number of amides is 1. The third-order valence-corrected chi connectivity index (χ3v) is 3.73. The summed E-state index contributed by atoms with van der Waals surface area (Å²) in [5, 5.41) is 3.45. The lowest BCUT2D eigenvalue weighted by Crippen LogP contribution is -2.24. The van der Waals surface area contributed by atoms with Gasteiger partial charge in [-0.2, -0.15) is 0 Å². The summed E-state index contributed by atoms with van der Waals surface area (Å²) < 4.78 is 0.804. The molecule has 0 radical (unpaired) electrons. The van der Waals surface area contributed by atoms with Crippen LogP contribution in [0.4, 0.5) is 0 Å². The highest BCUT2D eigenvalue weighted by Crippen LogP contribution is 2.23. The number of halogens is 2. The topological polar surface area (TPSA) is 29.1 Å². The first-order valence-corrected chi connectivity index (χ1v) is 7.05. The normalized spacial score (nSPS) is 10.3. The minimum absolute atomic E-state index is 0.0594. The van der Waals surface area contributed by atoms with Crippen LogP contribution in [0.15, 0.2) is 22.7 Å².